The van der Waals surface area contributed by atoms with Gasteiger partial charge in [-0.2, -0.15) is 9.97 Å². The molecule has 11 heteroatoms. The quantitative estimate of drug-likeness (QED) is 0.131. The van der Waals surface area contributed by atoms with Crippen LogP contribution in [0.3, 0.4) is 0 Å². The number of rotatable bonds is 5. The molecular weight excluding hydrogens is 880 g/mol. The minimum absolute atomic E-state index is 0.0439. The van der Waals surface area contributed by atoms with Crippen LogP contribution < -0.4 is 0 Å². The van der Waals surface area contributed by atoms with Crippen molar-refractivity contribution in [1.29, 1.82) is 0 Å². The van der Waals surface area contributed by atoms with Crippen molar-refractivity contribution in [3.05, 3.63) is 189 Å². The second kappa shape index (κ2) is 19.9. The van der Waals surface area contributed by atoms with Gasteiger partial charge in [0.05, 0.1) is 5.56 Å². The number of fused-ring (bicyclic) bond motifs is 2. The minimum Gasteiger partial charge on any atom is -0.508 e. The van der Waals surface area contributed by atoms with Crippen LogP contribution in [0.2, 0.25) is 5.28 Å². The van der Waals surface area contributed by atoms with E-state index in [1.165, 1.54) is 11.1 Å². The Morgan fingerprint density at radius 2 is 0.652 bits per heavy atom. The molecule has 0 spiro atoms. The van der Waals surface area contributed by atoms with Crippen LogP contribution in [0.5, 0.6) is 23.0 Å². The summed E-state index contributed by atoms with van der Waals surface area (Å²) in [5, 5.41) is 42.9. The number of aromatic nitrogens is 6. The SMILES string of the molecule is Cc1ccc(-c2nc(-c3ccc(C)cc3C)nc(-c3c(O)ccc4ccc(O)cc34)n2)c(C)c1.Cc1ccc(-c2nc(Cl)nc(-c3ccc(C)cc3C)n2)c(C)c1.Oc1ccc2ccc(O)cc2c1. The summed E-state index contributed by atoms with van der Waals surface area (Å²) >= 11 is 6.15. The summed E-state index contributed by atoms with van der Waals surface area (Å²) in [5.74, 6) is 3.23. The monoisotopic (exact) mass is 930 g/mol. The van der Waals surface area contributed by atoms with Gasteiger partial charge in [-0.25, -0.2) is 19.9 Å². The van der Waals surface area contributed by atoms with Gasteiger partial charge in [0.1, 0.15) is 23.0 Å². The first-order valence-corrected chi connectivity index (χ1v) is 22.7. The van der Waals surface area contributed by atoms with Crippen LogP contribution in [0.25, 0.3) is 78.5 Å². The second-order valence-electron chi connectivity index (χ2n) is 17.4. The van der Waals surface area contributed by atoms with Gasteiger partial charge < -0.3 is 20.4 Å². The van der Waals surface area contributed by atoms with Gasteiger partial charge in [-0.3, -0.25) is 0 Å². The molecule has 0 saturated heterocycles. The topological polar surface area (TPSA) is 158 Å². The van der Waals surface area contributed by atoms with Crippen molar-refractivity contribution >= 4 is 33.1 Å². The molecule has 0 atom stereocenters. The van der Waals surface area contributed by atoms with Gasteiger partial charge in [-0.05, 0) is 148 Å². The lowest BCUT2D eigenvalue weighted by Gasteiger charge is -2.14. The van der Waals surface area contributed by atoms with Gasteiger partial charge in [0.15, 0.2) is 29.1 Å². The van der Waals surface area contributed by atoms with E-state index in [4.69, 9.17) is 36.8 Å². The van der Waals surface area contributed by atoms with Gasteiger partial charge in [-0.1, -0.05) is 119 Å². The number of aryl methyl sites for hydroxylation is 8. The summed E-state index contributed by atoms with van der Waals surface area (Å²) in [4.78, 5) is 27.8. The number of aromatic hydroxyl groups is 4. The van der Waals surface area contributed by atoms with Crippen molar-refractivity contribution in [2.24, 2.45) is 0 Å². The maximum absolute atomic E-state index is 10.9. The summed E-state index contributed by atoms with van der Waals surface area (Å²) < 4.78 is 0. The van der Waals surface area contributed by atoms with Crippen LogP contribution in [0, 0.1) is 55.4 Å². The summed E-state index contributed by atoms with van der Waals surface area (Å²) in [6, 6.07) is 43.3. The van der Waals surface area contributed by atoms with E-state index >= 15 is 0 Å². The summed E-state index contributed by atoms with van der Waals surface area (Å²) in [5.41, 5.74) is 13.3. The van der Waals surface area contributed by atoms with Crippen LogP contribution in [-0.2, 0) is 0 Å². The third-order valence-corrected chi connectivity index (χ3v) is 11.9. The molecule has 0 unspecified atom stereocenters. The zero-order valence-electron chi connectivity index (χ0n) is 39.6. The van der Waals surface area contributed by atoms with Crippen LogP contribution in [0.4, 0.5) is 0 Å². The highest BCUT2D eigenvalue weighted by molar-refractivity contribution is 6.28. The minimum atomic E-state index is 0.0439. The van der Waals surface area contributed by atoms with E-state index < -0.39 is 0 Å². The molecular formula is C58H51ClN6O4. The fourth-order valence-electron chi connectivity index (χ4n) is 8.33. The number of phenolic OH excluding ortho intramolecular Hbond substituents is 4. The largest absolute Gasteiger partial charge is 0.508 e. The number of hydrogen-bond donors (Lipinski definition) is 4. The Kier molecular flexibility index (Phi) is 13.7. The van der Waals surface area contributed by atoms with E-state index in [9.17, 15) is 10.2 Å². The number of halogens is 1. The lowest BCUT2D eigenvalue weighted by molar-refractivity contribution is 0.473. The first-order chi connectivity index (χ1) is 33.0. The Labute approximate surface area is 406 Å². The van der Waals surface area contributed by atoms with Crippen LogP contribution in [-0.4, -0.2) is 50.3 Å². The predicted octanol–water partition coefficient (Wildman–Crippen LogP) is 14.0. The Balaban J connectivity index is 0.000000157. The molecule has 4 N–H and O–H groups in total. The molecule has 0 aliphatic carbocycles. The normalized spacial score (nSPS) is 10.9. The van der Waals surface area contributed by atoms with E-state index in [1.807, 2.05) is 74.5 Å². The summed E-state index contributed by atoms with van der Waals surface area (Å²) in [6.45, 7) is 16.4. The molecule has 0 bridgehead atoms. The molecule has 344 valence electrons. The molecule has 2 aromatic heterocycles. The highest BCUT2D eigenvalue weighted by Crippen LogP contribution is 2.38. The zero-order chi connectivity index (χ0) is 49.1. The first kappa shape index (κ1) is 47.3. The maximum Gasteiger partial charge on any atom is 0.226 e. The van der Waals surface area contributed by atoms with Crippen LogP contribution in [0.15, 0.2) is 140 Å². The molecule has 0 aliphatic rings. The Hall–Kier alpha value is -8.21. The van der Waals surface area contributed by atoms with E-state index in [0.29, 0.717) is 40.1 Å². The van der Waals surface area contributed by atoms with Crippen molar-refractivity contribution in [3.8, 4) is 79.9 Å². The summed E-state index contributed by atoms with van der Waals surface area (Å²) in [7, 11) is 0. The van der Waals surface area contributed by atoms with Crippen molar-refractivity contribution in [3.63, 3.8) is 0 Å². The van der Waals surface area contributed by atoms with Gasteiger partial charge >= 0.3 is 0 Å². The van der Waals surface area contributed by atoms with E-state index in [-0.39, 0.29) is 28.3 Å². The van der Waals surface area contributed by atoms with Gasteiger partial charge in [0.25, 0.3) is 0 Å². The number of phenols is 4. The third kappa shape index (κ3) is 10.8. The first-order valence-electron chi connectivity index (χ1n) is 22.3. The fraction of sp³-hybridized carbons (Fsp3) is 0.138. The number of benzene rings is 8. The van der Waals surface area contributed by atoms with E-state index in [0.717, 1.165) is 71.8 Å². The molecule has 0 amide bonds. The van der Waals surface area contributed by atoms with Crippen molar-refractivity contribution in [1.82, 2.24) is 29.9 Å². The Bertz CT molecular complexity index is 3400. The summed E-state index contributed by atoms with van der Waals surface area (Å²) in [6.07, 6.45) is 0. The molecule has 10 aromatic rings. The average Bonchev–Trinajstić information content (AvgIpc) is 3.29. The number of hydrogen-bond acceptors (Lipinski definition) is 10. The fourth-order valence-corrected chi connectivity index (χ4v) is 8.49. The van der Waals surface area contributed by atoms with Crippen molar-refractivity contribution < 1.29 is 20.4 Å². The van der Waals surface area contributed by atoms with Crippen molar-refractivity contribution in [2.45, 2.75) is 55.4 Å². The molecule has 2 heterocycles. The predicted molar refractivity (Wildman–Crippen MR) is 278 cm³/mol. The van der Waals surface area contributed by atoms with Crippen LogP contribution in [0.1, 0.15) is 44.5 Å². The molecule has 0 saturated carbocycles. The second-order valence-corrected chi connectivity index (χ2v) is 17.8. The van der Waals surface area contributed by atoms with Gasteiger partial charge in [0, 0.05) is 27.6 Å². The van der Waals surface area contributed by atoms with Gasteiger partial charge in [0.2, 0.25) is 5.28 Å². The molecule has 0 aliphatic heterocycles. The third-order valence-electron chi connectivity index (χ3n) is 11.7. The molecule has 0 radical (unpaired) electrons. The van der Waals surface area contributed by atoms with Crippen LogP contribution >= 0.6 is 11.6 Å². The molecule has 10 nitrogen and oxygen atoms in total. The lowest BCUT2D eigenvalue weighted by atomic mass is 10.0. The molecule has 69 heavy (non-hydrogen) atoms. The molecule has 0 fully saturated rings. The standard InChI is InChI=1S/C29H25N3O2.C19H18ClN3.C10H8O2/c1-16-5-10-22(18(3)13-16)27-30-28(23-11-6-17(2)14-19(23)4)32-29(31-27)26-24-15-21(33)9-7-20(24)8-12-25(26)34;1-11-5-7-15(13(3)9-11)17-21-18(23-19(20)22-17)16-8-6-12(2)10-14(16)4;11-9-3-1-7-2-4-10(12)6-8(7)5-9/h5-15,33-34H,1-4H3;5-10H,1-4H3;1-6,11-12H. The highest BCUT2D eigenvalue weighted by Gasteiger charge is 2.20. The zero-order valence-corrected chi connectivity index (χ0v) is 40.4. The molecule has 10 rings (SSSR count). The highest BCUT2D eigenvalue weighted by atomic mass is 35.5. The van der Waals surface area contributed by atoms with E-state index in [2.05, 4.69) is 92.9 Å². The average molecular weight is 932 g/mol. The smallest absolute Gasteiger partial charge is 0.226 e. The van der Waals surface area contributed by atoms with Gasteiger partial charge in [-0.15, -0.1) is 0 Å². The maximum atomic E-state index is 10.9. The Morgan fingerprint density at radius 3 is 1.04 bits per heavy atom. The Morgan fingerprint density at radius 1 is 0.319 bits per heavy atom. The molecule has 8 aromatic carbocycles. The number of nitrogens with zero attached hydrogens (tertiary/aromatic N) is 6. The lowest BCUT2D eigenvalue weighted by Crippen LogP contribution is -2.02. The van der Waals surface area contributed by atoms with Crippen molar-refractivity contribution in [2.75, 3.05) is 0 Å². The van der Waals surface area contributed by atoms with E-state index in [1.54, 1.807) is 42.5 Å².